The number of carbonyl (C=O) groups excluding carboxylic acids is 1. The van der Waals surface area contributed by atoms with E-state index < -0.39 is 0 Å². The molecule has 0 aliphatic rings. The van der Waals surface area contributed by atoms with Crippen LogP contribution < -0.4 is 16.8 Å². The molecule has 92 valence electrons. The van der Waals surface area contributed by atoms with Crippen LogP contribution in [0, 0.1) is 0 Å². The first-order valence-electron chi connectivity index (χ1n) is 5.14. The number of nitrogen functional groups attached to an aromatic ring is 2. The average molecular weight is 263 g/mol. The summed E-state index contributed by atoms with van der Waals surface area (Å²) in [6, 6.07) is 7.98. The second-order valence-electron chi connectivity index (χ2n) is 3.68. The van der Waals surface area contributed by atoms with E-state index in [0.29, 0.717) is 22.6 Å². The number of amides is 1. The highest BCUT2D eigenvalue weighted by Crippen LogP contribution is 2.20. The molecule has 1 heterocycles. The van der Waals surface area contributed by atoms with Crippen molar-refractivity contribution in [3.63, 3.8) is 0 Å². The third-order valence-electron chi connectivity index (χ3n) is 2.25. The van der Waals surface area contributed by atoms with Crippen LogP contribution in [0.5, 0.6) is 0 Å². The summed E-state index contributed by atoms with van der Waals surface area (Å²) in [7, 11) is 0. The Morgan fingerprint density at radius 3 is 2.50 bits per heavy atom. The summed E-state index contributed by atoms with van der Waals surface area (Å²) in [6.45, 7) is 0. The van der Waals surface area contributed by atoms with Crippen molar-refractivity contribution in [1.82, 2.24) is 4.98 Å². The van der Waals surface area contributed by atoms with Crippen LogP contribution >= 0.6 is 11.6 Å². The number of hydrogen-bond donors (Lipinski definition) is 3. The standard InChI is InChI=1S/C12H11ClN4O/c13-11-10(2-1-3-16-11)17-12(18)7-4-8(14)6-9(15)5-7/h1-6H,14-15H2,(H,17,18). The Balaban J connectivity index is 2.25. The van der Waals surface area contributed by atoms with Gasteiger partial charge in [-0.05, 0) is 30.3 Å². The molecule has 5 nitrogen and oxygen atoms in total. The SMILES string of the molecule is Nc1cc(N)cc(C(=O)Nc2cccnc2Cl)c1. The molecule has 18 heavy (non-hydrogen) atoms. The molecule has 0 aliphatic heterocycles. The van der Waals surface area contributed by atoms with Crippen LogP contribution in [-0.4, -0.2) is 10.9 Å². The lowest BCUT2D eigenvalue weighted by atomic mass is 10.1. The molecule has 5 N–H and O–H groups in total. The van der Waals surface area contributed by atoms with Gasteiger partial charge < -0.3 is 16.8 Å². The van der Waals surface area contributed by atoms with Gasteiger partial charge in [-0.2, -0.15) is 0 Å². The molecular formula is C12H11ClN4O. The van der Waals surface area contributed by atoms with Crippen LogP contribution in [0.4, 0.5) is 17.1 Å². The molecule has 0 radical (unpaired) electrons. The van der Waals surface area contributed by atoms with Crippen LogP contribution in [0.1, 0.15) is 10.4 Å². The maximum atomic E-state index is 12.0. The largest absolute Gasteiger partial charge is 0.399 e. The average Bonchev–Trinajstić information content (AvgIpc) is 2.31. The summed E-state index contributed by atoms with van der Waals surface area (Å²) in [6.07, 6.45) is 1.54. The summed E-state index contributed by atoms with van der Waals surface area (Å²) >= 11 is 5.84. The minimum Gasteiger partial charge on any atom is -0.399 e. The van der Waals surface area contributed by atoms with E-state index in [2.05, 4.69) is 10.3 Å². The van der Waals surface area contributed by atoms with Gasteiger partial charge in [0.25, 0.3) is 5.91 Å². The number of nitrogens with one attached hydrogen (secondary N) is 1. The molecule has 0 aliphatic carbocycles. The first-order chi connectivity index (χ1) is 8.56. The van der Waals surface area contributed by atoms with E-state index in [4.69, 9.17) is 23.1 Å². The number of halogens is 1. The van der Waals surface area contributed by atoms with Crippen molar-refractivity contribution in [3.8, 4) is 0 Å². The minimum atomic E-state index is -0.344. The quantitative estimate of drug-likeness (QED) is 0.571. The first-order valence-corrected chi connectivity index (χ1v) is 5.52. The fourth-order valence-corrected chi connectivity index (χ4v) is 1.65. The van der Waals surface area contributed by atoms with Crippen molar-refractivity contribution in [2.24, 2.45) is 0 Å². The lowest BCUT2D eigenvalue weighted by Gasteiger charge is -2.07. The molecule has 0 saturated carbocycles. The Hall–Kier alpha value is -2.27. The number of carbonyl (C=O) groups is 1. The van der Waals surface area contributed by atoms with Crippen LogP contribution in [0.2, 0.25) is 5.15 Å². The smallest absolute Gasteiger partial charge is 0.255 e. The predicted molar refractivity (Wildman–Crippen MR) is 72.5 cm³/mol. The Labute approximate surface area is 109 Å². The number of anilines is 3. The van der Waals surface area contributed by atoms with Crippen molar-refractivity contribution in [3.05, 3.63) is 47.2 Å². The van der Waals surface area contributed by atoms with Crippen molar-refractivity contribution in [1.29, 1.82) is 0 Å². The highest BCUT2D eigenvalue weighted by Gasteiger charge is 2.09. The molecule has 1 amide bonds. The van der Waals surface area contributed by atoms with Gasteiger partial charge in [-0.3, -0.25) is 4.79 Å². The van der Waals surface area contributed by atoms with Crippen LogP contribution in [0.3, 0.4) is 0 Å². The fraction of sp³-hybridized carbons (Fsp3) is 0. The molecule has 0 atom stereocenters. The Kier molecular flexibility index (Phi) is 3.34. The monoisotopic (exact) mass is 262 g/mol. The van der Waals surface area contributed by atoms with Gasteiger partial charge in [-0.25, -0.2) is 4.98 Å². The van der Waals surface area contributed by atoms with E-state index in [1.165, 1.54) is 18.3 Å². The van der Waals surface area contributed by atoms with Gasteiger partial charge in [0.05, 0.1) is 5.69 Å². The van der Waals surface area contributed by atoms with E-state index in [-0.39, 0.29) is 11.1 Å². The second-order valence-corrected chi connectivity index (χ2v) is 4.04. The third kappa shape index (κ3) is 2.70. The summed E-state index contributed by atoms with van der Waals surface area (Å²) in [5, 5.41) is 2.86. The van der Waals surface area contributed by atoms with Crippen molar-refractivity contribution < 1.29 is 4.79 Å². The number of nitrogens with zero attached hydrogens (tertiary/aromatic N) is 1. The van der Waals surface area contributed by atoms with Gasteiger partial charge >= 0.3 is 0 Å². The van der Waals surface area contributed by atoms with Gasteiger partial charge in [0, 0.05) is 23.1 Å². The maximum absolute atomic E-state index is 12.0. The van der Waals surface area contributed by atoms with Crippen LogP contribution in [0.25, 0.3) is 0 Å². The summed E-state index contributed by atoms with van der Waals surface area (Å²) in [5.41, 5.74) is 12.9. The molecule has 0 bridgehead atoms. The Morgan fingerprint density at radius 2 is 1.89 bits per heavy atom. The van der Waals surface area contributed by atoms with Crippen molar-refractivity contribution in [2.45, 2.75) is 0 Å². The number of benzene rings is 1. The molecule has 0 spiro atoms. The highest BCUT2D eigenvalue weighted by atomic mass is 35.5. The van der Waals surface area contributed by atoms with Crippen molar-refractivity contribution in [2.75, 3.05) is 16.8 Å². The molecule has 2 rings (SSSR count). The summed E-state index contributed by atoms with van der Waals surface area (Å²) < 4.78 is 0. The number of nitrogens with two attached hydrogens (primary N) is 2. The lowest BCUT2D eigenvalue weighted by Crippen LogP contribution is -2.13. The zero-order chi connectivity index (χ0) is 13.1. The van der Waals surface area contributed by atoms with Gasteiger partial charge in [0.1, 0.15) is 0 Å². The number of rotatable bonds is 2. The summed E-state index contributed by atoms with van der Waals surface area (Å²) in [5.74, 6) is -0.344. The van der Waals surface area contributed by atoms with Gasteiger partial charge in [-0.1, -0.05) is 11.6 Å². The fourth-order valence-electron chi connectivity index (χ4n) is 1.48. The van der Waals surface area contributed by atoms with Crippen molar-refractivity contribution >= 4 is 34.6 Å². The normalized spacial score (nSPS) is 10.1. The molecule has 1 aromatic carbocycles. The zero-order valence-corrected chi connectivity index (χ0v) is 10.1. The van der Waals surface area contributed by atoms with Crippen LogP contribution in [-0.2, 0) is 0 Å². The van der Waals surface area contributed by atoms with Gasteiger partial charge in [0.2, 0.25) is 0 Å². The molecule has 6 heteroatoms. The zero-order valence-electron chi connectivity index (χ0n) is 9.35. The Bertz CT molecular complexity index is 580. The maximum Gasteiger partial charge on any atom is 0.255 e. The van der Waals surface area contributed by atoms with E-state index in [9.17, 15) is 4.79 Å². The highest BCUT2D eigenvalue weighted by molar-refractivity contribution is 6.32. The van der Waals surface area contributed by atoms with Gasteiger partial charge in [0.15, 0.2) is 5.15 Å². The van der Waals surface area contributed by atoms with E-state index in [1.54, 1.807) is 18.2 Å². The van der Waals surface area contributed by atoms with E-state index in [0.717, 1.165) is 0 Å². The van der Waals surface area contributed by atoms with Crippen LogP contribution in [0.15, 0.2) is 36.5 Å². The molecule has 0 unspecified atom stereocenters. The molecule has 0 fully saturated rings. The predicted octanol–water partition coefficient (Wildman–Crippen LogP) is 2.15. The second kappa shape index (κ2) is 4.93. The Morgan fingerprint density at radius 1 is 1.22 bits per heavy atom. The van der Waals surface area contributed by atoms with E-state index in [1.807, 2.05) is 0 Å². The number of hydrogen-bond acceptors (Lipinski definition) is 4. The molecule has 0 saturated heterocycles. The molecular weight excluding hydrogens is 252 g/mol. The molecule has 2 aromatic rings. The number of pyridine rings is 1. The summed E-state index contributed by atoms with van der Waals surface area (Å²) in [4.78, 5) is 15.8. The minimum absolute atomic E-state index is 0.225. The first kappa shape index (κ1) is 12.2. The van der Waals surface area contributed by atoms with Gasteiger partial charge in [-0.15, -0.1) is 0 Å². The lowest BCUT2D eigenvalue weighted by molar-refractivity contribution is 0.102. The van der Waals surface area contributed by atoms with E-state index >= 15 is 0 Å². The third-order valence-corrected chi connectivity index (χ3v) is 2.55. The number of aromatic nitrogens is 1. The molecule has 1 aromatic heterocycles. The topological polar surface area (TPSA) is 94.0 Å².